The molecule has 1 N–H and O–H groups in total. The highest BCUT2D eigenvalue weighted by Crippen LogP contribution is 2.27. The zero-order chi connectivity index (χ0) is 22.7. The Morgan fingerprint density at radius 3 is 2.44 bits per heavy atom. The minimum Gasteiger partial charge on any atom is -0.497 e. The Morgan fingerprint density at radius 2 is 1.72 bits per heavy atom. The molecule has 0 spiro atoms. The van der Waals surface area contributed by atoms with Gasteiger partial charge in [-0.05, 0) is 61.9 Å². The SMILES string of the molecule is COc1ccc(-n2c(SC(C)C(=O)Nc3ccccc3C)nc3ccccc3c2=O)cc1. The van der Waals surface area contributed by atoms with Crippen LogP contribution in [0.25, 0.3) is 16.6 Å². The number of thioether (sulfide) groups is 1. The molecule has 0 aliphatic rings. The molecular formula is C25H23N3O3S. The van der Waals surface area contributed by atoms with E-state index >= 15 is 0 Å². The van der Waals surface area contributed by atoms with Gasteiger partial charge in [0.05, 0.1) is 29.0 Å². The van der Waals surface area contributed by atoms with Gasteiger partial charge in [0.15, 0.2) is 5.16 Å². The number of methoxy groups -OCH3 is 1. The van der Waals surface area contributed by atoms with Gasteiger partial charge in [0.25, 0.3) is 5.56 Å². The van der Waals surface area contributed by atoms with Crippen LogP contribution in [0.2, 0.25) is 0 Å². The molecule has 7 heteroatoms. The van der Waals surface area contributed by atoms with Crippen molar-refractivity contribution in [1.29, 1.82) is 0 Å². The third kappa shape index (κ3) is 4.38. The molecule has 0 bridgehead atoms. The molecular weight excluding hydrogens is 422 g/mol. The summed E-state index contributed by atoms with van der Waals surface area (Å²) >= 11 is 1.25. The summed E-state index contributed by atoms with van der Waals surface area (Å²) in [5.41, 5.74) is 2.81. The zero-order valence-electron chi connectivity index (χ0n) is 18.0. The lowest BCUT2D eigenvalue weighted by atomic mass is 10.2. The highest BCUT2D eigenvalue weighted by Gasteiger charge is 2.21. The van der Waals surface area contributed by atoms with Crippen LogP contribution in [0.4, 0.5) is 5.69 Å². The van der Waals surface area contributed by atoms with E-state index < -0.39 is 5.25 Å². The molecule has 1 amide bonds. The number of amides is 1. The summed E-state index contributed by atoms with van der Waals surface area (Å²) in [4.78, 5) is 31.0. The summed E-state index contributed by atoms with van der Waals surface area (Å²) in [6.45, 7) is 3.75. The van der Waals surface area contributed by atoms with Crippen molar-refractivity contribution >= 4 is 34.3 Å². The highest BCUT2D eigenvalue weighted by molar-refractivity contribution is 8.00. The van der Waals surface area contributed by atoms with E-state index in [9.17, 15) is 9.59 Å². The number of hydrogen-bond acceptors (Lipinski definition) is 5. The molecule has 1 atom stereocenters. The van der Waals surface area contributed by atoms with Crippen LogP contribution >= 0.6 is 11.8 Å². The third-order valence-corrected chi connectivity index (χ3v) is 6.18. The molecule has 0 saturated carbocycles. The quantitative estimate of drug-likeness (QED) is 0.340. The fraction of sp³-hybridized carbons (Fsp3) is 0.160. The number of nitrogens with one attached hydrogen (secondary N) is 1. The largest absolute Gasteiger partial charge is 0.497 e. The molecule has 162 valence electrons. The zero-order valence-corrected chi connectivity index (χ0v) is 18.8. The summed E-state index contributed by atoms with van der Waals surface area (Å²) in [6, 6.07) is 22.0. The Balaban J connectivity index is 1.72. The topological polar surface area (TPSA) is 73.2 Å². The molecule has 0 aliphatic carbocycles. The van der Waals surface area contributed by atoms with Crippen LogP contribution in [-0.2, 0) is 4.79 Å². The number of carbonyl (C=O) groups excluding carboxylic acids is 1. The molecule has 1 aromatic heterocycles. The van der Waals surface area contributed by atoms with E-state index in [1.165, 1.54) is 11.8 Å². The molecule has 1 heterocycles. The van der Waals surface area contributed by atoms with Gasteiger partial charge < -0.3 is 10.1 Å². The molecule has 0 radical (unpaired) electrons. The summed E-state index contributed by atoms with van der Waals surface area (Å²) in [7, 11) is 1.59. The second-order valence-corrected chi connectivity index (χ2v) is 8.62. The van der Waals surface area contributed by atoms with E-state index in [4.69, 9.17) is 9.72 Å². The van der Waals surface area contributed by atoms with E-state index in [1.807, 2.05) is 43.3 Å². The van der Waals surface area contributed by atoms with Gasteiger partial charge in [0.1, 0.15) is 5.75 Å². The summed E-state index contributed by atoms with van der Waals surface area (Å²) < 4.78 is 6.78. The number of nitrogens with zero attached hydrogens (tertiary/aromatic N) is 2. The van der Waals surface area contributed by atoms with Gasteiger partial charge in [-0.25, -0.2) is 4.98 Å². The fourth-order valence-corrected chi connectivity index (χ4v) is 4.24. The molecule has 0 fully saturated rings. The van der Waals surface area contributed by atoms with Crippen molar-refractivity contribution in [1.82, 2.24) is 9.55 Å². The number of aromatic nitrogens is 2. The maximum absolute atomic E-state index is 13.4. The first-order chi connectivity index (χ1) is 15.5. The first-order valence-electron chi connectivity index (χ1n) is 10.2. The maximum Gasteiger partial charge on any atom is 0.266 e. The lowest BCUT2D eigenvalue weighted by molar-refractivity contribution is -0.115. The first-order valence-corrected chi connectivity index (χ1v) is 11.1. The van der Waals surface area contributed by atoms with Crippen LogP contribution < -0.4 is 15.6 Å². The number of benzene rings is 3. The minimum atomic E-state index is -0.479. The van der Waals surface area contributed by atoms with Crippen molar-refractivity contribution in [3.63, 3.8) is 0 Å². The van der Waals surface area contributed by atoms with Crippen molar-refractivity contribution in [2.75, 3.05) is 12.4 Å². The van der Waals surface area contributed by atoms with E-state index in [2.05, 4.69) is 5.32 Å². The van der Waals surface area contributed by atoms with Crippen LogP contribution in [0, 0.1) is 6.92 Å². The number of aryl methyl sites for hydroxylation is 1. The van der Waals surface area contributed by atoms with Crippen molar-refractivity contribution in [3.05, 3.63) is 88.7 Å². The van der Waals surface area contributed by atoms with Crippen LogP contribution in [-0.4, -0.2) is 27.8 Å². The van der Waals surface area contributed by atoms with Crippen LogP contribution in [0.1, 0.15) is 12.5 Å². The predicted octanol–water partition coefficient (Wildman–Crippen LogP) is 4.82. The average Bonchev–Trinajstić information content (AvgIpc) is 2.81. The van der Waals surface area contributed by atoms with Gasteiger partial charge in [0, 0.05) is 5.69 Å². The number of hydrogen-bond donors (Lipinski definition) is 1. The second-order valence-electron chi connectivity index (χ2n) is 7.31. The van der Waals surface area contributed by atoms with Crippen molar-refractivity contribution in [3.8, 4) is 11.4 Å². The van der Waals surface area contributed by atoms with Crippen molar-refractivity contribution < 1.29 is 9.53 Å². The molecule has 4 rings (SSSR count). The van der Waals surface area contributed by atoms with Crippen molar-refractivity contribution in [2.45, 2.75) is 24.3 Å². The fourth-order valence-electron chi connectivity index (χ4n) is 3.31. The number of fused-ring (bicyclic) bond motifs is 1. The summed E-state index contributed by atoms with van der Waals surface area (Å²) in [6.07, 6.45) is 0. The van der Waals surface area contributed by atoms with E-state index in [1.54, 1.807) is 55.0 Å². The number of rotatable bonds is 6. The molecule has 1 unspecified atom stereocenters. The normalized spacial score (nSPS) is 11.8. The van der Waals surface area contributed by atoms with Gasteiger partial charge >= 0.3 is 0 Å². The van der Waals surface area contributed by atoms with Crippen LogP contribution in [0.5, 0.6) is 5.75 Å². The Kier molecular flexibility index (Phi) is 6.28. The second kappa shape index (κ2) is 9.28. The Bertz CT molecular complexity index is 1330. The van der Waals surface area contributed by atoms with Gasteiger partial charge in [-0.3, -0.25) is 14.2 Å². The monoisotopic (exact) mass is 445 g/mol. The lowest BCUT2D eigenvalue weighted by Crippen LogP contribution is -2.26. The van der Waals surface area contributed by atoms with E-state index in [-0.39, 0.29) is 11.5 Å². The maximum atomic E-state index is 13.4. The van der Waals surface area contributed by atoms with Crippen LogP contribution in [0.15, 0.2) is 82.7 Å². The number of carbonyl (C=O) groups is 1. The minimum absolute atomic E-state index is 0.159. The molecule has 0 saturated heterocycles. The first kappa shape index (κ1) is 21.6. The van der Waals surface area contributed by atoms with Gasteiger partial charge in [-0.2, -0.15) is 0 Å². The van der Waals surface area contributed by atoms with Crippen LogP contribution in [0.3, 0.4) is 0 Å². The Hall–Kier alpha value is -3.58. The van der Waals surface area contributed by atoms with Gasteiger partial charge in [0.2, 0.25) is 5.91 Å². The molecule has 0 aliphatic heterocycles. The third-order valence-electron chi connectivity index (χ3n) is 5.13. The highest BCUT2D eigenvalue weighted by atomic mass is 32.2. The standard InChI is InChI=1S/C25H23N3O3S/c1-16-8-4-6-10-21(16)26-23(29)17(2)32-25-27-22-11-7-5-9-20(22)24(30)28(25)18-12-14-19(31-3)15-13-18/h4-15,17H,1-3H3,(H,26,29). The van der Waals surface area contributed by atoms with Gasteiger partial charge in [-0.1, -0.05) is 42.1 Å². The summed E-state index contributed by atoms with van der Waals surface area (Å²) in [5, 5.41) is 3.45. The predicted molar refractivity (Wildman–Crippen MR) is 129 cm³/mol. The van der Waals surface area contributed by atoms with E-state index in [0.29, 0.717) is 27.5 Å². The molecule has 3 aromatic carbocycles. The van der Waals surface area contributed by atoms with E-state index in [0.717, 1.165) is 11.3 Å². The van der Waals surface area contributed by atoms with Gasteiger partial charge in [-0.15, -0.1) is 0 Å². The lowest BCUT2D eigenvalue weighted by Gasteiger charge is -2.17. The molecule has 6 nitrogen and oxygen atoms in total. The smallest absolute Gasteiger partial charge is 0.266 e. The number of anilines is 1. The average molecular weight is 446 g/mol. The Morgan fingerprint density at radius 1 is 1.03 bits per heavy atom. The summed E-state index contributed by atoms with van der Waals surface area (Å²) in [5.74, 6) is 0.531. The number of para-hydroxylation sites is 2. The van der Waals surface area contributed by atoms with Crippen molar-refractivity contribution in [2.24, 2.45) is 0 Å². The number of ether oxygens (including phenoxy) is 1. The molecule has 32 heavy (non-hydrogen) atoms. The Labute approximate surface area is 190 Å². The molecule has 4 aromatic rings.